The highest BCUT2D eigenvalue weighted by Gasteiger charge is 2.25. The van der Waals surface area contributed by atoms with Crippen molar-refractivity contribution in [3.63, 3.8) is 0 Å². The largest absolute Gasteiger partial charge is 0.334 e. The van der Waals surface area contributed by atoms with Crippen LogP contribution in [0.1, 0.15) is 28.4 Å². The second kappa shape index (κ2) is 6.83. The maximum Gasteiger partial charge on any atom is 0.255 e. The molecule has 1 aliphatic rings. The minimum Gasteiger partial charge on any atom is -0.334 e. The van der Waals surface area contributed by atoms with Gasteiger partial charge in [-0.2, -0.15) is 11.8 Å². The van der Waals surface area contributed by atoms with Crippen LogP contribution in [0.25, 0.3) is 0 Å². The lowest BCUT2D eigenvalue weighted by Crippen LogP contribution is -2.44. The SMILES string of the molecule is Cc1ccc(C(=O)N2CCSCC2C)c(C#CCN)c1. The van der Waals surface area contributed by atoms with Gasteiger partial charge in [-0.15, -0.1) is 0 Å². The normalized spacial score (nSPS) is 18.4. The summed E-state index contributed by atoms with van der Waals surface area (Å²) in [6.45, 7) is 5.21. The van der Waals surface area contributed by atoms with Crippen molar-refractivity contribution in [3.8, 4) is 11.8 Å². The summed E-state index contributed by atoms with van der Waals surface area (Å²) in [5, 5.41) is 0. The Morgan fingerprint density at radius 1 is 1.55 bits per heavy atom. The first-order valence-corrected chi connectivity index (χ1v) is 7.97. The summed E-state index contributed by atoms with van der Waals surface area (Å²) in [5.74, 6) is 7.95. The van der Waals surface area contributed by atoms with Gasteiger partial charge < -0.3 is 10.6 Å². The summed E-state index contributed by atoms with van der Waals surface area (Å²) in [5.41, 5.74) is 8.01. The molecular weight excluding hydrogens is 268 g/mol. The third-order valence-corrected chi connectivity index (χ3v) is 4.55. The van der Waals surface area contributed by atoms with E-state index in [0.29, 0.717) is 12.1 Å². The van der Waals surface area contributed by atoms with Gasteiger partial charge in [0.05, 0.1) is 12.1 Å². The maximum atomic E-state index is 12.7. The van der Waals surface area contributed by atoms with Gasteiger partial charge in [-0.3, -0.25) is 4.79 Å². The van der Waals surface area contributed by atoms with Crippen molar-refractivity contribution in [1.82, 2.24) is 4.90 Å². The van der Waals surface area contributed by atoms with E-state index in [1.807, 2.05) is 41.8 Å². The molecule has 1 atom stereocenters. The fraction of sp³-hybridized carbons (Fsp3) is 0.438. The van der Waals surface area contributed by atoms with Gasteiger partial charge in [0.25, 0.3) is 5.91 Å². The summed E-state index contributed by atoms with van der Waals surface area (Å²) in [6, 6.07) is 6.08. The minimum atomic E-state index is 0.0825. The number of amides is 1. The number of aryl methyl sites for hydroxylation is 1. The van der Waals surface area contributed by atoms with Crippen molar-refractivity contribution in [3.05, 3.63) is 34.9 Å². The Morgan fingerprint density at radius 3 is 3.05 bits per heavy atom. The van der Waals surface area contributed by atoms with Crippen LogP contribution in [-0.2, 0) is 0 Å². The molecule has 1 heterocycles. The first-order chi connectivity index (χ1) is 9.63. The van der Waals surface area contributed by atoms with Gasteiger partial charge >= 0.3 is 0 Å². The monoisotopic (exact) mass is 288 g/mol. The fourth-order valence-electron chi connectivity index (χ4n) is 2.28. The summed E-state index contributed by atoms with van der Waals surface area (Å²) in [6.07, 6.45) is 0. The smallest absolute Gasteiger partial charge is 0.255 e. The van der Waals surface area contributed by atoms with Crippen LogP contribution in [0.2, 0.25) is 0 Å². The zero-order valence-corrected chi connectivity index (χ0v) is 12.8. The highest BCUT2D eigenvalue weighted by Crippen LogP contribution is 2.20. The molecule has 3 nitrogen and oxygen atoms in total. The summed E-state index contributed by atoms with van der Waals surface area (Å²) in [7, 11) is 0. The molecule has 0 aliphatic carbocycles. The Labute approximate surface area is 124 Å². The quantitative estimate of drug-likeness (QED) is 0.803. The van der Waals surface area contributed by atoms with Crippen molar-refractivity contribution in [1.29, 1.82) is 0 Å². The van der Waals surface area contributed by atoms with E-state index in [1.165, 1.54) is 0 Å². The van der Waals surface area contributed by atoms with Crippen LogP contribution in [0, 0.1) is 18.8 Å². The van der Waals surface area contributed by atoms with Gasteiger partial charge in [0.1, 0.15) is 0 Å². The fourth-order valence-corrected chi connectivity index (χ4v) is 3.29. The van der Waals surface area contributed by atoms with E-state index < -0.39 is 0 Å². The van der Waals surface area contributed by atoms with E-state index in [4.69, 9.17) is 5.73 Å². The predicted octanol–water partition coefficient (Wildman–Crippen LogP) is 1.88. The third-order valence-electron chi connectivity index (χ3n) is 3.36. The lowest BCUT2D eigenvalue weighted by Gasteiger charge is -2.33. The first kappa shape index (κ1) is 15.0. The maximum absolute atomic E-state index is 12.7. The topological polar surface area (TPSA) is 46.3 Å². The molecule has 1 aromatic carbocycles. The summed E-state index contributed by atoms with van der Waals surface area (Å²) >= 11 is 1.90. The minimum absolute atomic E-state index is 0.0825. The van der Waals surface area contributed by atoms with Gasteiger partial charge in [-0.05, 0) is 31.5 Å². The van der Waals surface area contributed by atoms with Crippen LogP contribution in [0.5, 0.6) is 0 Å². The average Bonchev–Trinajstić information content (AvgIpc) is 2.45. The molecule has 2 rings (SSSR count). The summed E-state index contributed by atoms with van der Waals surface area (Å²) < 4.78 is 0. The number of benzene rings is 1. The van der Waals surface area contributed by atoms with Crippen LogP contribution in [0.3, 0.4) is 0 Å². The molecule has 106 valence electrons. The molecular formula is C16H20N2OS. The molecule has 1 amide bonds. The number of carbonyl (C=O) groups is 1. The van der Waals surface area contributed by atoms with Crippen molar-refractivity contribution in [2.24, 2.45) is 5.73 Å². The highest BCUT2D eigenvalue weighted by molar-refractivity contribution is 7.99. The van der Waals surface area contributed by atoms with E-state index in [9.17, 15) is 4.79 Å². The molecule has 20 heavy (non-hydrogen) atoms. The van der Waals surface area contributed by atoms with E-state index in [-0.39, 0.29) is 11.9 Å². The van der Waals surface area contributed by atoms with E-state index >= 15 is 0 Å². The van der Waals surface area contributed by atoms with Crippen LogP contribution >= 0.6 is 11.8 Å². The molecule has 0 spiro atoms. The Morgan fingerprint density at radius 2 is 2.35 bits per heavy atom. The highest BCUT2D eigenvalue weighted by atomic mass is 32.2. The number of nitrogens with zero attached hydrogens (tertiary/aromatic N) is 1. The van der Waals surface area contributed by atoms with Crippen LogP contribution in [0.4, 0.5) is 0 Å². The molecule has 0 radical (unpaired) electrons. The standard InChI is InChI=1S/C16H20N2OS/c1-12-5-6-15(14(10-12)4-3-7-17)16(19)18-8-9-20-11-13(18)2/h5-6,10,13H,7-9,11,17H2,1-2H3. The lowest BCUT2D eigenvalue weighted by atomic mass is 10.0. The Bertz CT molecular complexity index is 559. The van der Waals surface area contributed by atoms with Gasteiger partial charge in [0.2, 0.25) is 0 Å². The van der Waals surface area contributed by atoms with Gasteiger partial charge in [0, 0.05) is 29.7 Å². The third kappa shape index (κ3) is 3.36. The molecule has 2 N–H and O–H groups in total. The van der Waals surface area contributed by atoms with Crippen molar-refractivity contribution >= 4 is 17.7 Å². The van der Waals surface area contributed by atoms with E-state index in [2.05, 4.69) is 18.8 Å². The molecule has 1 aromatic rings. The average molecular weight is 288 g/mol. The first-order valence-electron chi connectivity index (χ1n) is 6.81. The molecule has 1 saturated heterocycles. The zero-order chi connectivity index (χ0) is 14.5. The molecule has 4 heteroatoms. The number of hydrogen-bond acceptors (Lipinski definition) is 3. The zero-order valence-electron chi connectivity index (χ0n) is 12.0. The number of carbonyl (C=O) groups excluding carboxylic acids is 1. The van der Waals surface area contributed by atoms with Crippen molar-refractivity contribution in [2.75, 3.05) is 24.6 Å². The number of nitrogens with two attached hydrogens (primary N) is 1. The van der Waals surface area contributed by atoms with Crippen LogP contribution < -0.4 is 5.73 Å². The number of rotatable bonds is 1. The number of thioether (sulfide) groups is 1. The molecule has 0 aromatic heterocycles. The van der Waals surface area contributed by atoms with E-state index in [0.717, 1.165) is 29.2 Å². The molecule has 0 saturated carbocycles. The Kier molecular flexibility index (Phi) is 5.11. The van der Waals surface area contributed by atoms with Crippen LogP contribution in [-0.4, -0.2) is 41.4 Å². The predicted molar refractivity (Wildman–Crippen MR) is 84.9 cm³/mol. The van der Waals surface area contributed by atoms with Gasteiger partial charge in [-0.25, -0.2) is 0 Å². The van der Waals surface area contributed by atoms with Gasteiger partial charge in [0.15, 0.2) is 0 Å². The van der Waals surface area contributed by atoms with Crippen molar-refractivity contribution in [2.45, 2.75) is 19.9 Å². The molecule has 1 unspecified atom stereocenters. The number of hydrogen-bond donors (Lipinski definition) is 1. The molecule has 1 aliphatic heterocycles. The Balaban J connectivity index is 2.33. The lowest BCUT2D eigenvalue weighted by molar-refractivity contribution is 0.0716. The van der Waals surface area contributed by atoms with Gasteiger partial charge in [-0.1, -0.05) is 17.9 Å². The Hall–Kier alpha value is -1.44. The second-order valence-electron chi connectivity index (χ2n) is 4.98. The van der Waals surface area contributed by atoms with Crippen molar-refractivity contribution < 1.29 is 4.79 Å². The molecule has 0 bridgehead atoms. The van der Waals surface area contributed by atoms with Crippen LogP contribution in [0.15, 0.2) is 18.2 Å². The second-order valence-corrected chi connectivity index (χ2v) is 6.13. The summed E-state index contributed by atoms with van der Waals surface area (Å²) in [4.78, 5) is 14.7. The van der Waals surface area contributed by atoms with E-state index in [1.54, 1.807) is 0 Å². The molecule has 1 fully saturated rings.